The molecular weight excluding hydrogens is 395 g/mol. The Bertz CT molecular complexity index is 830. The number of halogens is 3. The molecule has 6 heteroatoms. The normalized spacial score (nSPS) is 9.23. The van der Waals surface area contributed by atoms with Gasteiger partial charge in [-0.05, 0) is 48.9 Å². The molecule has 0 saturated carbocycles. The van der Waals surface area contributed by atoms with E-state index in [1.165, 1.54) is 0 Å². The molecule has 0 saturated heterocycles. The number of rotatable bonds is 1. The minimum Gasteiger partial charge on any atom is -0.508 e. The van der Waals surface area contributed by atoms with Crippen molar-refractivity contribution in [3.8, 4) is 11.5 Å². The number of phenols is 2. The molecule has 26 heavy (non-hydrogen) atoms. The highest BCUT2D eigenvalue weighted by Crippen LogP contribution is 2.20. The van der Waals surface area contributed by atoms with Crippen molar-refractivity contribution in [3.05, 3.63) is 92.9 Å². The first kappa shape index (κ1) is 21.8. The molecule has 3 aromatic rings. The van der Waals surface area contributed by atoms with E-state index in [9.17, 15) is 4.79 Å². The second kappa shape index (κ2) is 11.4. The van der Waals surface area contributed by atoms with Crippen molar-refractivity contribution in [1.29, 1.82) is 0 Å². The smallest absolute Gasteiger partial charge is 0.151 e. The molecule has 2 N–H and O–H groups in total. The summed E-state index contributed by atoms with van der Waals surface area (Å²) in [7, 11) is 0. The minimum atomic E-state index is 0.133. The van der Waals surface area contributed by atoms with Gasteiger partial charge < -0.3 is 10.2 Å². The lowest BCUT2D eigenvalue weighted by atomic mass is 10.2. The van der Waals surface area contributed by atoms with Crippen LogP contribution < -0.4 is 0 Å². The van der Waals surface area contributed by atoms with Crippen LogP contribution in [0.25, 0.3) is 0 Å². The van der Waals surface area contributed by atoms with Crippen molar-refractivity contribution >= 4 is 41.1 Å². The Hall–Kier alpha value is -2.20. The highest BCUT2D eigenvalue weighted by Gasteiger charge is 1.93. The largest absolute Gasteiger partial charge is 0.508 e. The predicted octanol–water partition coefficient (Wildman–Crippen LogP) is 6.55. The van der Waals surface area contributed by atoms with E-state index in [1.54, 1.807) is 66.7 Å². The van der Waals surface area contributed by atoms with Crippen LogP contribution in [0.2, 0.25) is 15.1 Å². The number of phenolic OH excluding ortho intramolecular Hbond substituents is 2. The van der Waals surface area contributed by atoms with E-state index in [4.69, 9.17) is 45.0 Å². The predicted molar refractivity (Wildman–Crippen MR) is 108 cm³/mol. The van der Waals surface area contributed by atoms with E-state index in [-0.39, 0.29) is 11.5 Å². The monoisotopic (exact) mass is 410 g/mol. The third-order valence-corrected chi connectivity index (χ3v) is 4.11. The third-order valence-electron chi connectivity index (χ3n) is 3.03. The second-order valence-corrected chi connectivity index (χ2v) is 6.25. The summed E-state index contributed by atoms with van der Waals surface area (Å²) < 4.78 is 0. The second-order valence-electron chi connectivity index (χ2n) is 5.02. The van der Waals surface area contributed by atoms with Crippen LogP contribution in [0.4, 0.5) is 0 Å². The van der Waals surface area contributed by atoms with Crippen LogP contribution in [0, 0.1) is 6.92 Å². The van der Waals surface area contributed by atoms with Gasteiger partial charge in [-0.1, -0.05) is 65.1 Å². The van der Waals surface area contributed by atoms with Crippen LogP contribution in [0.1, 0.15) is 15.9 Å². The maximum atomic E-state index is 10.1. The molecule has 0 heterocycles. The van der Waals surface area contributed by atoms with Gasteiger partial charge in [0.2, 0.25) is 0 Å². The summed E-state index contributed by atoms with van der Waals surface area (Å²) in [6.45, 7) is 1.85. The quantitative estimate of drug-likeness (QED) is 0.446. The maximum Gasteiger partial charge on any atom is 0.151 e. The first-order valence-electron chi connectivity index (χ1n) is 7.43. The molecule has 0 aliphatic rings. The van der Waals surface area contributed by atoms with Gasteiger partial charge in [-0.15, -0.1) is 0 Å². The van der Waals surface area contributed by atoms with Gasteiger partial charge in [-0.3, -0.25) is 4.79 Å². The maximum absolute atomic E-state index is 10.1. The van der Waals surface area contributed by atoms with Gasteiger partial charge in [0, 0.05) is 10.6 Å². The van der Waals surface area contributed by atoms with E-state index < -0.39 is 0 Å². The summed E-state index contributed by atoms with van der Waals surface area (Å²) in [5, 5.41) is 19.3. The van der Waals surface area contributed by atoms with Crippen LogP contribution in [0.3, 0.4) is 0 Å². The molecule has 0 amide bonds. The fraction of sp³-hybridized carbons (Fsp3) is 0.0500. The molecule has 136 valence electrons. The van der Waals surface area contributed by atoms with E-state index in [2.05, 4.69) is 0 Å². The fourth-order valence-electron chi connectivity index (χ4n) is 1.65. The number of hydrogen-bond acceptors (Lipinski definition) is 3. The first-order valence-corrected chi connectivity index (χ1v) is 8.57. The van der Waals surface area contributed by atoms with E-state index in [0.29, 0.717) is 20.6 Å². The summed E-state index contributed by atoms with van der Waals surface area (Å²) in [5.41, 5.74) is 1.44. The molecule has 3 rings (SSSR count). The number of carbonyl (C=O) groups excluding carboxylic acids is 1. The summed E-state index contributed by atoms with van der Waals surface area (Å²) in [5.74, 6) is 0.395. The van der Waals surface area contributed by atoms with Crippen molar-refractivity contribution in [2.75, 3.05) is 0 Å². The zero-order chi connectivity index (χ0) is 19.5. The lowest BCUT2D eigenvalue weighted by molar-refractivity contribution is 0.112. The van der Waals surface area contributed by atoms with Crippen LogP contribution in [0.15, 0.2) is 66.7 Å². The molecule has 0 spiro atoms. The molecule has 0 bridgehead atoms. The molecule has 0 fully saturated rings. The van der Waals surface area contributed by atoms with Gasteiger partial charge in [0.1, 0.15) is 11.5 Å². The zero-order valence-electron chi connectivity index (χ0n) is 13.9. The number of carbonyl (C=O) groups is 1. The molecule has 0 aliphatic carbocycles. The average molecular weight is 412 g/mol. The van der Waals surface area contributed by atoms with Crippen molar-refractivity contribution in [2.24, 2.45) is 0 Å². The SMILES string of the molecule is Cc1cc(O)ccc1Cl.O=Cc1ccccc1Cl.Oc1ccccc1Cl. The van der Waals surface area contributed by atoms with Crippen LogP contribution in [-0.4, -0.2) is 16.5 Å². The van der Waals surface area contributed by atoms with Gasteiger partial charge in [0.05, 0.1) is 10.0 Å². The third kappa shape index (κ3) is 7.79. The van der Waals surface area contributed by atoms with Crippen molar-refractivity contribution in [2.45, 2.75) is 6.92 Å². The highest BCUT2D eigenvalue weighted by atomic mass is 35.5. The van der Waals surface area contributed by atoms with E-state index in [1.807, 2.05) is 6.92 Å². The number of para-hydroxylation sites is 1. The van der Waals surface area contributed by atoms with Gasteiger partial charge in [0.15, 0.2) is 6.29 Å². The fourth-order valence-corrected chi connectivity index (χ4v) is 2.08. The molecule has 0 unspecified atom stereocenters. The highest BCUT2D eigenvalue weighted by molar-refractivity contribution is 6.33. The molecule has 3 nitrogen and oxygen atoms in total. The Morgan fingerprint density at radius 2 is 1.35 bits per heavy atom. The Kier molecular flexibility index (Phi) is 9.60. The summed E-state index contributed by atoms with van der Waals surface area (Å²) in [6.07, 6.45) is 0.738. The van der Waals surface area contributed by atoms with Crippen molar-refractivity contribution < 1.29 is 15.0 Å². The minimum absolute atomic E-state index is 0.133. The van der Waals surface area contributed by atoms with Crippen molar-refractivity contribution in [1.82, 2.24) is 0 Å². The Labute approximate surface area is 167 Å². The van der Waals surface area contributed by atoms with Gasteiger partial charge in [-0.25, -0.2) is 0 Å². The lowest BCUT2D eigenvalue weighted by Gasteiger charge is -1.95. The number of benzene rings is 3. The van der Waals surface area contributed by atoms with Crippen LogP contribution in [-0.2, 0) is 0 Å². The lowest BCUT2D eigenvalue weighted by Crippen LogP contribution is -1.77. The van der Waals surface area contributed by atoms with Crippen LogP contribution >= 0.6 is 34.8 Å². The standard InChI is InChI=1S/C7H7ClO.C7H5ClO.C6H5ClO/c1-5-4-6(9)2-3-7(5)8;8-7-4-2-1-3-6(7)5-9;7-5-3-1-2-4-6(5)8/h2-4,9H,1H3;1-5H;1-4,8H. The van der Waals surface area contributed by atoms with E-state index in [0.717, 1.165) is 11.8 Å². The molecule has 0 aliphatic heterocycles. The molecule has 0 aromatic heterocycles. The summed E-state index contributed by atoms with van der Waals surface area (Å²) in [6, 6.07) is 18.5. The molecule has 3 aromatic carbocycles. The van der Waals surface area contributed by atoms with Gasteiger partial charge in [0.25, 0.3) is 0 Å². The number of aldehydes is 1. The summed E-state index contributed by atoms with van der Waals surface area (Å²) >= 11 is 16.7. The number of aryl methyl sites for hydroxylation is 1. The number of hydrogen-bond donors (Lipinski definition) is 2. The molecular formula is C20H17Cl3O3. The van der Waals surface area contributed by atoms with Crippen LogP contribution in [0.5, 0.6) is 11.5 Å². The molecule has 0 radical (unpaired) electrons. The number of aromatic hydroxyl groups is 2. The first-order chi connectivity index (χ1) is 12.3. The van der Waals surface area contributed by atoms with Gasteiger partial charge >= 0.3 is 0 Å². The Morgan fingerprint density at radius 1 is 0.769 bits per heavy atom. The van der Waals surface area contributed by atoms with Crippen molar-refractivity contribution in [3.63, 3.8) is 0 Å². The Morgan fingerprint density at radius 3 is 1.73 bits per heavy atom. The van der Waals surface area contributed by atoms with E-state index >= 15 is 0 Å². The molecule has 0 atom stereocenters. The summed E-state index contributed by atoms with van der Waals surface area (Å²) in [4.78, 5) is 10.1. The van der Waals surface area contributed by atoms with Gasteiger partial charge in [-0.2, -0.15) is 0 Å². The topological polar surface area (TPSA) is 57.5 Å². The Balaban J connectivity index is 0.000000195. The average Bonchev–Trinajstić information content (AvgIpc) is 2.63. The zero-order valence-corrected chi connectivity index (χ0v) is 16.1.